The molecule has 1 heterocycles. The van der Waals surface area contributed by atoms with Gasteiger partial charge in [0.1, 0.15) is 12.4 Å². The molecule has 0 unspecified atom stereocenters. The number of nitrogens with zero attached hydrogens (tertiary/aromatic N) is 2. The molecule has 1 saturated heterocycles. The Balaban J connectivity index is 1.85. The van der Waals surface area contributed by atoms with Gasteiger partial charge in [0.25, 0.3) is 5.91 Å². The van der Waals surface area contributed by atoms with E-state index in [1.54, 1.807) is 11.0 Å². The number of rotatable bonds is 5. The number of aliphatic imine (C=N–C) groups is 1. The summed E-state index contributed by atoms with van der Waals surface area (Å²) >= 11 is 7.53. The van der Waals surface area contributed by atoms with E-state index >= 15 is 0 Å². The molecule has 1 fully saturated rings. The number of amides is 1. The zero-order valence-electron chi connectivity index (χ0n) is 14.7. The van der Waals surface area contributed by atoms with Crippen molar-refractivity contribution in [3.05, 3.63) is 64.0 Å². The van der Waals surface area contributed by atoms with Crippen molar-refractivity contribution in [1.29, 1.82) is 0 Å². The van der Waals surface area contributed by atoms with Crippen LogP contribution in [0.15, 0.2) is 58.4 Å². The van der Waals surface area contributed by atoms with Crippen LogP contribution in [0.1, 0.15) is 12.5 Å². The van der Waals surface area contributed by atoms with Crippen LogP contribution in [0.25, 0.3) is 6.08 Å². The van der Waals surface area contributed by atoms with Gasteiger partial charge in [-0.15, -0.1) is 6.42 Å². The third-order valence-electron chi connectivity index (χ3n) is 3.77. The molecule has 3 rings (SSSR count). The predicted molar refractivity (Wildman–Crippen MR) is 112 cm³/mol. The summed E-state index contributed by atoms with van der Waals surface area (Å²) in [6.07, 6.45) is 7.03. The molecule has 1 aliphatic heterocycles. The number of hydrogen-bond acceptors (Lipinski definition) is 4. The fourth-order valence-corrected chi connectivity index (χ4v) is 3.69. The van der Waals surface area contributed by atoms with E-state index < -0.39 is 0 Å². The molecule has 0 atom stereocenters. The molecule has 136 valence electrons. The maximum Gasteiger partial charge on any atom is 0.266 e. The highest BCUT2D eigenvalue weighted by atomic mass is 35.5. The molecule has 0 bridgehead atoms. The Labute approximate surface area is 167 Å². The molecule has 4 nitrogen and oxygen atoms in total. The molecular weight excluding hydrogens is 380 g/mol. The van der Waals surface area contributed by atoms with Gasteiger partial charge in [-0.3, -0.25) is 9.69 Å². The lowest BCUT2D eigenvalue weighted by Gasteiger charge is -2.12. The van der Waals surface area contributed by atoms with Crippen LogP contribution >= 0.6 is 23.4 Å². The van der Waals surface area contributed by atoms with Crippen LogP contribution in [0, 0.1) is 12.3 Å². The fraction of sp³-hybridized carbons (Fsp3) is 0.143. The fourth-order valence-electron chi connectivity index (χ4n) is 2.45. The van der Waals surface area contributed by atoms with Crippen molar-refractivity contribution < 1.29 is 9.53 Å². The Hall–Kier alpha value is -2.68. The normalized spacial score (nSPS) is 16.8. The Morgan fingerprint density at radius 2 is 2.00 bits per heavy atom. The summed E-state index contributed by atoms with van der Waals surface area (Å²) in [5.41, 5.74) is 1.54. The van der Waals surface area contributed by atoms with Crippen LogP contribution in [-0.4, -0.2) is 29.1 Å². The summed E-state index contributed by atoms with van der Waals surface area (Å²) < 4.78 is 5.36. The second-order valence-electron chi connectivity index (χ2n) is 5.57. The van der Waals surface area contributed by atoms with E-state index in [0.29, 0.717) is 33.1 Å². The first kappa shape index (κ1) is 19.1. The van der Waals surface area contributed by atoms with E-state index in [1.807, 2.05) is 55.5 Å². The number of amidine groups is 1. The first-order valence-electron chi connectivity index (χ1n) is 8.33. The van der Waals surface area contributed by atoms with Gasteiger partial charge in [-0.25, -0.2) is 4.99 Å². The Morgan fingerprint density at radius 1 is 1.26 bits per heavy atom. The van der Waals surface area contributed by atoms with E-state index in [2.05, 4.69) is 10.9 Å². The van der Waals surface area contributed by atoms with Crippen LogP contribution in [0.4, 0.5) is 5.69 Å². The number of ether oxygens (including phenoxy) is 1. The zero-order valence-corrected chi connectivity index (χ0v) is 16.3. The molecule has 27 heavy (non-hydrogen) atoms. The van der Waals surface area contributed by atoms with E-state index in [-0.39, 0.29) is 12.5 Å². The predicted octanol–water partition coefficient (Wildman–Crippen LogP) is 4.98. The van der Waals surface area contributed by atoms with E-state index in [0.717, 1.165) is 5.56 Å². The number of hydrogen-bond donors (Lipinski definition) is 0. The van der Waals surface area contributed by atoms with E-state index in [1.165, 1.54) is 11.8 Å². The van der Waals surface area contributed by atoms with Crippen molar-refractivity contribution in [2.45, 2.75) is 6.92 Å². The quantitative estimate of drug-likeness (QED) is 0.529. The molecule has 1 aliphatic rings. The van der Waals surface area contributed by atoms with Gasteiger partial charge in [-0.2, -0.15) is 0 Å². The average molecular weight is 397 g/mol. The standard InChI is InChI=1S/C21H17ClN2O2S/c1-3-13-26-16-11-9-15(10-12-16)14-19-20(25)24(4-2)21(27-19)23-18-8-6-5-7-17(18)22/h1,5-12,14H,4,13H2,2H3/b19-14-,23-21?. The van der Waals surface area contributed by atoms with Gasteiger partial charge in [0.05, 0.1) is 15.6 Å². The van der Waals surface area contributed by atoms with Gasteiger partial charge < -0.3 is 4.74 Å². The van der Waals surface area contributed by atoms with Gasteiger partial charge >= 0.3 is 0 Å². The summed E-state index contributed by atoms with van der Waals surface area (Å²) in [5.74, 6) is 3.05. The molecule has 0 aromatic heterocycles. The minimum Gasteiger partial charge on any atom is -0.481 e. The molecule has 2 aromatic carbocycles. The number of terminal acetylenes is 1. The molecule has 0 saturated carbocycles. The number of likely N-dealkylation sites (N-methyl/N-ethyl adjacent to an activating group) is 1. The molecule has 0 radical (unpaired) electrons. The molecule has 0 spiro atoms. The number of carbonyl (C=O) groups is 1. The number of para-hydroxylation sites is 1. The second kappa shape index (κ2) is 8.81. The van der Waals surface area contributed by atoms with Crippen LogP contribution in [-0.2, 0) is 4.79 Å². The van der Waals surface area contributed by atoms with Crippen LogP contribution < -0.4 is 4.74 Å². The van der Waals surface area contributed by atoms with Gasteiger partial charge in [0, 0.05) is 6.54 Å². The zero-order chi connectivity index (χ0) is 19.2. The average Bonchev–Trinajstić information content (AvgIpc) is 2.97. The third kappa shape index (κ3) is 4.54. The monoisotopic (exact) mass is 396 g/mol. The van der Waals surface area contributed by atoms with Crippen molar-refractivity contribution in [1.82, 2.24) is 4.90 Å². The number of benzene rings is 2. The number of halogens is 1. The van der Waals surface area contributed by atoms with Gasteiger partial charge in [-0.05, 0) is 54.6 Å². The van der Waals surface area contributed by atoms with Crippen LogP contribution in [0.3, 0.4) is 0 Å². The molecule has 0 aliphatic carbocycles. The van der Waals surface area contributed by atoms with Crippen molar-refractivity contribution in [3.8, 4) is 18.1 Å². The molecule has 6 heteroatoms. The minimum atomic E-state index is -0.0686. The smallest absolute Gasteiger partial charge is 0.266 e. The van der Waals surface area contributed by atoms with E-state index in [4.69, 9.17) is 22.8 Å². The van der Waals surface area contributed by atoms with Gasteiger partial charge in [0.15, 0.2) is 5.17 Å². The maximum absolute atomic E-state index is 12.7. The highest BCUT2D eigenvalue weighted by Gasteiger charge is 2.32. The molecule has 1 amide bonds. The topological polar surface area (TPSA) is 41.9 Å². The summed E-state index contributed by atoms with van der Waals surface area (Å²) in [7, 11) is 0. The summed E-state index contributed by atoms with van der Waals surface area (Å²) in [6, 6.07) is 14.7. The van der Waals surface area contributed by atoms with Crippen molar-refractivity contribution in [2.75, 3.05) is 13.2 Å². The van der Waals surface area contributed by atoms with Crippen molar-refractivity contribution >= 4 is 46.2 Å². The lowest BCUT2D eigenvalue weighted by Crippen LogP contribution is -2.28. The summed E-state index contributed by atoms with van der Waals surface area (Å²) in [6.45, 7) is 2.68. The molecular formula is C21H17ClN2O2S. The Kier molecular flexibility index (Phi) is 6.23. The lowest BCUT2D eigenvalue weighted by molar-refractivity contribution is -0.122. The summed E-state index contributed by atoms with van der Waals surface area (Å²) in [4.78, 5) is 19.5. The Morgan fingerprint density at radius 3 is 2.67 bits per heavy atom. The van der Waals surface area contributed by atoms with Crippen molar-refractivity contribution in [3.63, 3.8) is 0 Å². The molecule has 2 aromatic rings. The second-order valence-corrected chi connectivity index (χ2v) is 6.98. The largest absolute Gasteiger partial charge is 0.481 e. The van der Waals surface area contributed by atoms with Crippen LogP contribution in [0.2, 0.25) is 5.02 Å². The number of carbonyl (C=O) groups excluding carboxylic acids is 1. The third-order valence-corrected chi connectivity index (χ3v) is 5.10. The highest BCUT2D eigenvalue weighted by molar-refractivity contribution is 8.18. The van der Waals surface area contributed by atoms with Gasteiger partial charge in [0.2, 0.25) is 0 Å². The Bertz CT molecular complexity index is 945. The van der Waals surface area contributed by atoms with Crippen molar-refractivity contribution in [2.24, 2.45) is 4.99 Å². The highest BCUT2D eigenvalue weighted by Crippen LogP contribution is 2.35. The molecule has 0 N–H and O–H groups in total. The SMILES string of the molecule is C#CCOc1ccc(/C=C2\SC(=Nc3ccccc3Cl)N(CC)C2=O)cc1. The van der Waals surface area contributed by atoms with Gasteiger partial charge in [-0.1, -0.05) is 41.8 Å². The first-order chi connectivity index (χ1) is 13.1. The lowest BCUT2D eigenvalue weighted by atomic mass is 10.2. The summed E-state index contributed by atoms with van der Waals surface area (Å²) in [5, 5.41) is 1.17. The maximum atomic E-state index is 12.7. The minimum absolute atomic E-state index is 0.0686. The number of thioether (sulfide) groups is 1. The first-order valence-corrected chi connectivity index (χ1v) is 9.52. The van der Waals surface area contributed by atoms with E-state index in [9.17, 15) is 4.79 Å². The van der Waals surface area contributed by atoms with Crippen LogP contribution in [0.5, 0.6) is 5.75 Å².